The minimum Gasteiger partial charge on any atom is -0.477 e. The number of aromatic nitrogens is 1. The Kier molecular flexibility index (Phi) is 6.58. The first kappa shape index (κ1) is 23.0. The summed E-state index contributed by atoms with van der Waals surface area (Å²) in [7, 11) is 0. The Hall–Kier alpha value is -4.20. The number of carboxylic acids is 1. The fraction of sp³-hybridized carbons (Fsp3) is 0.231. The number of nitrogens with one attached hydrogen (secondary N) is 2. The van der Waals surface area contributed by atoms with E-state index in [0.717, 1.165) is 22.3 Å². The number of hydrogen-bond donors (Lipinski definition) is 3. The van der Waals surface area contributed by atoms with Crippen LogP contribution in [-0.2, 0) is 9.53 Å². The number of aromatic carboxylic acids is 1. The van der Waals surface area contributed by atoms with E-state index in [1.54, 1.807) is 13.8 Å². The summed E-state index contributed by atoms with van der Waals surface area (Å²) in [5.74, 6) is -1.90. The van der Waals surface area contributed by atoms with Gasteiger partial charge >= 0.3 is 12.1 Å². The summed E-state index contributed by atoms with van der Waals surface area (Å²) in [6.07, 6.45) is 0.571. The minimum absolute atomic E-state index is 0.0803. The number of fused-ring (bicyclic) bond motifs is 3. The molecule has 8 nitrogen and oxygen atoms in total. The molecule has 0 bridgehead atoms. The Labute approximate surface area is 197 Å². The predicted octanol–water partition coefficient (Wildman–Crippen LogP) is 4.28. The molecule has 0 fully saturated rings. The van der Waals surface area contributed by atoms with Crippen LogP contribution in [-0.4, -0.2) is 40.7 Å². The van der Waals surface area contributed by atoms with Gasteiger partial charge < -0.3 is 20.5 Å². The molecule has 0 aliphatic heterocycles. The number of ether oxygens (including phenoxy) is 1. The molecule has 3 N–H and O–H groups in total. The van der Waals surface area contributed by atoms with E-state index in [1.807, 2.05) is 36.4 Å². The normalized spacial score (nSPS) is 13.0. The van der Waals surface area contributed by atoms with E-state index in [0.29, 0.717) is 5.69 Å². The molecule has 1 aliphatic rings. The third-order valence-corrected chi connectivity index (χ3v) is 5.82. The van der Waals surface area contributed by atoms with Crippen LogP contribution in [0.15, 0.2) is 66.9 Å². The lowest BCUT2D eigenvalue weighted by molar-refractivity contribution is -0.119. The summed E-state index contributed by atoms with van der Waals surface area (Å²) in [4.78, 5) is 40.1. The number of carbonyl (C=O) groups excluding carboxylic acids is 2. The highest BCUT2D eigenvalue weighted by Crippen LogP contribution is 2.44. The third kappa shape index (κ3) is 4.76. The van der Waals surface area contributed by atoms with Gasteiger partial charge in [-0.15, -0.1) is 0 Å². The summed E-state index contributed by atoms with van der Waals surface area (Å²) in [6.45, 7) is 3.76. The highest BCUT2D eigenvalue weighted by atomic mass is 16.5. The average Bonchev–Trinajstić information content (AvgIpc) is 3.15. The summed E-state index contributed by atoms with van der Waals surface area (Å²) in [6, 6.07) is 18.0. The molecule has 1 aliphatic carbocycles. The van der Waals surface area contributed by atoms with Crippen LogP contribution in [0.3, 0.4) is 0 Å². The van der Waals surface area contributed by atoms with Crippen molar-refractivity contribution in [2.75, 3.05) is 11.9 Å². The van der Waals surface area contributed by atoms with Crippen LogP contribution in [0.4, 0.5) is 10.5 Å². The fourth-order valence-electron chi connectivity index (χ4n) is 4.12. The van der Waals surface area contributed by atoms with Gasteiger partial charge in [0.1, 0.15) is 18.3 Å². The van der Waals surface area contributed by atoms with Gasteiger partial charge in [0, 0.05) is 5.92 Å². The molecule has 1 aromatic heterocycles. The molecule has 0 radical (unpaired) electrons. The Balaban J connectivity index is 1.40. The second kappa shape index (κ2) is 9.74. The zero-order chi connectivity index (χ0) is 24.2. The summed E-state index contributed by atoms with van der Waals surface area (Å²) in [5, 5.41) is 14.2. The number of hydrogen-bond acceptors (Lipinski definition) is 5. The van der Waals surface area contributed by atoms with Gasteiger partial charge in [-0.3, -0.25) is 4.79 Å². The van der Waals surface area contributed by atoms with Crippen molar-refractivity contribution >= 4 is 23.7 Å². The first-order valence-corrected chi connectivity index (χ1v) is 11.0. The molecule has 3 aromatic rings. The van der Waals surface area contributed by atoms with Crippen LogP contribution < -0.4 is 10.6 Å². The van der Waals surface area contributed by atoms with Crippen LogP contribution in [0.5, 0.6) is 0 Å². The highest BCUT2D eigenvalue weighted by molar-refractivity contribution is 5.97. The fourth-order valence-corrected chi connectivity index (χ4v) is 4.12. The second-order valence-corrected chi connectivity index (χ2v) is 8.42. The van der Waals surface area contributed by atoms with Gasteiger partial charge in [-0.25, -0.2) is 14.6 Å². The number of amides is 2. The number of alkyl carbamates (subject to hydrolysis) is 1. The molecule has 34 heavy (non-hydrogen) atoms. The average molecular weight is 460 g/mol. The van der Waals surface area contributed by atoms with Crippen LogP contribution in [0.25, 0.3) is 11.1 Å². The van der Waals surface area contributed by atoms with Crippen LogP contribution in [0.2, 0.25) is 0 Å². The molecule has 2 amide bonds. The van der Waals surface area contributed by atoms with E-state index in [1.165, 1.54) is 18.3 Å². The number of nitrogens with zero attached hydrogens (tertiary/aromatic N) is 1. The first-order chi connectivity index (χ1) is 16.3. The van der Waals surface area contributed by atoms with E-state index in [9.17, 15) is 14.4 Å². The zero-order valence-electron chi connectivity index (χ0n) is 18.8. The molecule has 174 valence electrons. The molecule has 2 aromatic carbocycles. The van der Waals surface area contributed by atoms with Crippen molar-refractivity contribution in [1.82, 2.24) is 10.3 Å². The predicted molar refractivity (Wildman–Crippen MR) is 127 cm³/mol. The van der Waals surface area contributed by atoms with E-state index >= 15 is 0 Å². The number of carbonyl (C=O) groups is 3. The topological polar surface area (TPSA) is 118 Å². The molecular weight excluding hydrogens is 434 g/mol. The van der Waals surface area contributed by atoms with E-state index < -0.39 is 24.0 Å². The quantitative estimate of drug-likeness (QED) is 0.485. The minimum atomic E-state index is -1.16. The van der Waals surface area contributed by atoms with Crippen molar-refractivity contribution in [3.63, 3.8) is 0 Å². The second-order valence-electron chi connectivity index (χ2n) is 8.42. The van der Waals surface area contributed by atoms with Gasteiger partial charge in [0.2, 0.25) is 5.91 Å². The van der Waals surface area contributed by atoms with Gasteiger partial charge in [0.05, 0.1) is 11.9 Å². The lowest BCUT2D eigenvalue weighted by atomic mass is 9.98. The Morgan fingerprint density at radius 1 is 0.971 bits per heavy atom. The molecule has 4 rings (SSSR count). The Morgan fingerprint density at radius 2 is 1.59 bits per heavy atom. The Bertz CT molecular complexity index is 1180. The van der Waals surface area contributed by atoms with E-state index in [-0.39, 0.29) is 24.1 Å². The standard InChI is InChI=1S/C26H25N3O5/c1-15(2)23(24(30)28-16-11-12-22(25(31)32)27-13-16)29-26(33)34-14-21-19-9-5-3-7-17(19)18-8-4-6-10-20(18)21/h3-13,15,21,23H,14H2,1-2H3,(H,28,30)(H,29,33)(H,31,32)/t23-/m0/s1. The van der Waals surface area contributed by atoms with Gasteiger partial charge in [-0.2, -0.15) is 0 Å². The lowest BCUT2D eigenvalue weighted by Gasteiger charge is -2.22. The first-order valence-electron chi connectivity index (χ1n) is 11.0. The molecule has 1 atom stereocenters. The van der Waals surface area contributed by atoms with Crippen molar-refractivity contribution in [2.45, 2.75) is 25.8 Å². The van der Waals surface area contributed by atoms with E-state index in [4.69, 9.17) is 9.84 Å². The van der Waals surface area contributed by atoms with Crippen LogP contribution in [0.1, 0.15) is 41.4 Å². The van der Waals surface area contributed by atoms with Gasteiger partial charge in [-0.05, 0) is 40.3 Å². The molecular formula is C26H25N3O5. The van der Waals surface area contributed by atoms with Crippen LogP contribution >= 0.6 is 0 Å². The number of rotatable bonds is 7. The van der Waals surface area contributed by atoms with Gasteiger partial charge in [0.25, 0.3) is 0 Å². The summed E-state index contributed by atoms with van der Waals surface area (Å²) >= 11 is 0. The molecule has 0 saturated heterocycles. The number of benzene rings is 2. The molecule has 0 spiro atoms. The van der Waals surface area contributed by atoms with Crippen molar-refractivity contribution in [3.8, 4) is 11.1 Å². The van der Waals surface area contributed by atoms with Crippen molar-refractivity contribution in [3.05, 3.63) is 83.7 Å². The maximum atomic E-state index is 12.8. The zero-order valence-corrected chi connectivity index (χ0v) is 18.8. The number of pyridine rings is 1. The van der Waals surface area contributed by atoms with Crippen LogP contribution in [0, 0.1) is 5.92 Å². The molecule has 0 unspecified atom stereocenters. The smallest absolute Gasteiger partial charge is 0.407 e. The monoisotopic (exact) mass is 459 g/mol. The SMILES string of the molecule is CC(C)[C@H](NC(=O)OCC1c2ccccc2-c2ccccc21)C(=O)Nc1ccc(C(=O)O)nc1. The molecule has 1 heterocycles. The maximum Gasteiger partial charge on any atom is 0.407 e. The molecule has 8 heteroatoms. The maximum absolute atomic E-state index is 12.8. The number of carboxylic acid groups (broad SMARTS) is 1. The molecule has 0 saturated carbocycles. The number of anilines is 1. The highest BCUT2D eigenvalue weighted by Gasteiger charge is 2.30. The van der Waals surface area contributed by atoms with Crippen molar-refractivity contribution in [1.29, 1.82) is 0 Å². The lowest BCUT2D eigenvalue weighted by Crippen LogP contribution is -2.47. The van der Waals surface area contributed by atoms with E-state index in [2.05, 4.69) is 27.8 Å². The van der Waals surface area contributed by atoms with Gasteiger partial charge in [0.15, 0.2) is 0 Å². The Morgan fingerprint density at radius 3 is 2.12 bits per heavy atom. The third-order valence-electron chi connectivity index (χ3n) is 5.82. The summed E-state index contributed by atoms with van der Waals surface area (Å²) < 4.78 is 5.56. The van der Waals surface area contributed by atoms with Crippen molar-refractivity contribution < 1.29 is 24.2 Å². The van der Waals surface area contributed by atoms with Gasteiger partial charge in [-0.1, -0.05) is 62.4 Å². The largest absolute Gasteiger partial charge is 0.477 e. The van der Waals surface area contributed by atoms with Crippen molar-refractivity contribution in [2.24, 2.45) is 5.92 Å². The summed E-state index contributed by atoms with van der Waals surface area (Å²) in [5.41, 5.74) is 4.67.